The van der Waals surface area contributed by atoms with E-state index in [0.29, 0.717) is 6.61 Å². The first-order chi connectivity index (χ1) is 10.2. The minimum Gasteiger partial charge on any atom is -0.493 e. The number of anilines is 1. The molecule has 1 aliphatic heterocycles. The van der Waals surface area contributed by atoms with Crippen molar-refractivity contribution in [2.24, 2.45) is 5.92 Å². The lowest BCUT2D eigenvalue weighted by molar-refractivity contribution is -0.126. The molecule has 0 radical (unpaired) electrons. The van der Waals surface area contributed by atoms with Crippen LogP contribution in [-0.2, 0) is 4.79 Å². The number of likely N-dealkylation sites (tertiary alicyclic amines) is 1. The molecular weight excluding hydrogens is 266 g/mol. The zero-order chi connectivity index (χ0) is 15.1. The fraction of sp³-hybridized carbons (Fsp3) is 0.562. The van der Waals surface area contributed by atoms with Gasteiger partial charge in [0, 0.05) is 31.9 Å². The van der Waals surface area contributed by atoms with Crippen molar-refractivity contribution in [2.45, 2.75) is 19.3 Å². The minimum atomic E-state index is 0.138. The number of nitrogens with zero attached hydrogens (tertiary/aromatic N) is 1. The van der Waals surface area contributed by atoms with Crippen LogP contribution in [0.3, 0.4) is 0 Å². The van der Waals surface area contributed by atoms with Gasteiger partial charge in [0.2, 0.25) is 5.91 Å². The zero-order valence-corrected chi connectivity index (χ0v) is 12.7. The second-order valence-corrected chi connectivity index (χ2v) is 5.53. The van der Waals surface area contributed by atoms with E-state index >= 15 is 0 Å². The summed E-state index contributed by atoms with van der Waals surface area (Å²) in [4.78, 5) is 14.0. The number of hydrogen-bond acceptors (Lipinski definition) is 4. The molecule has 0 spiro atoms. The number of nitrogens with two attached hydrogens (primary N) is 1. The van der Waals surface area contributed by atoms with Crippen molar-refractivity contribution in [1.82, 2.24) is 10.2 Å². The van der Waals surface area contributed by atoms with Gasteiger partial charge in [-0.25, -0.2) is 0 Å². The number of benzene rings is 1. The van der Waals surface area contributed by atoms with Crippen molar-refractivity contribution in [3.63, 3.8) is 0 Å². The highest BCUT2D eigenvalue weighted by molar-refractivity contribution is 5.78. The lowest BCUT2D eigenvalue weighted by Gasteiger charge is -2.31. The molecule has 1 saturated heterocycles. The van der Waals surface area contributed by atoms with E-state index in [4.69, 9.17) is 10.5 Å². The summed E-state index contributed by atoms with van der Waals surface area (Å²) in [5.74, 6) is 1.12. The molecule has 1 unspecified atom stereocenters. The Hall–Kier alpha value is -1.75. The van der Waals surface area contributed by atoms with Crippen LogP contribution in [-0.4, -0.2) is 44.1 Å². The second kappa shape index (κ2) is 7.88. The summed E-state index contributed by atoms with van der Waals surface area (Å²) in [6, 6.07) is 7.49. The van der Waals surface area contributed by atoms with Crippen molar-refractivity contribution in [1.29, 1.82) is 0 Å². The molecule has 1 aromatic carbocycles. The number of rotatable bonds is 6. The third kappa shape index (κ3) is 4.93. The third-order valence-corrected chi connectivity index (χ3v) is 3.87. The van der Waals surface area contributed by atoms with Crippen molar-refractivity contribution in [3.8, 4) is 5.75 Å². The molecule has 5 heteroatoms. The number of ether oxygens (including phenoxy) is 1. The van der Waals surface area contributed by atoms with E-state index in [0.717, 1.165) is 50.3 Å². The summed E-state index contributed by atoms with van der Waals surface area (Å²) in [7, 11) is 1.71. The van der Waals surface area contributed by atoms with Crippen molar-refractivity contribution in [3.05, 3.63) is 24.3 Å². The summed E-state index contributed by atoms with van der Waals surface area (Å²) in [5.41, 5.74) is 6.43. The first-order valence-corrected chi connectivity index (χ1v) is 7.61. The molecule has 2 rings (SSSR count). The molecule has 1 fully saturated rings. The Labute approximate surface area is 126 Å². The molecule has 3 N–H and O–H groups in total. The van der Waals surface area contributed by atoms with Crippen molar-refractivity contribution in [2.75, 3.05) is 39.0 Å². The zero-order valence-electron chi connectivity index (χ0n) is 12.7. The Balaban J connectivity index is 1.67. The quantitative estimate of drug-likeness (QED) is 0.615. The van der Waals surface area contributed by atoms with E-state index in [1.54, 1.807) is 7.05 Å². The topological polar surface area (TPSA) is 67.6 Å². The predicted molar refractivity (Wildman–Crippen MR) is 84.2 cm³/mol. The molecule has 5 nitrogen and oxygen atoms in total. The van der Waals surface area contributed by atoms with E-state index in [-0.39, 0.29) is 11.8 Å². The van der Waals surface area contributed by atoms with E-state index in [2.05, 4.69) is 10.2 Å². The highest BCUT2D eigenvalue weighted by Gasteiger charge is 2.24. The molecule has 1 aliphatic rings. The Bertz CT molecular complexity index is 465. The van der Waals surface area contributed by atoms with Gasteiger partial charge in [-0.15, -0.1) is 0 Å². The van der Waals surface area contributed by atoms with Crippen LogP contribution in [0.25, 0.3) is 0 Å². The van der Waals surface area contributed by atoms with Crippen molar-refractivity contribution < 1.29 is 9.53 Å². The monoisotopic (exact) mass is 291 g/mol. The molecule has 21 heavy (non-hydrogen) atoms. The molecule has 1 atom stereocenters. The lowest BCUT2D eigenvalue weighted by atomic mass is 9.97. The molecule has 0 aliphatic carbocycles. The molecule has 0 saturated carbocycles. The van der Waals surface area contributed by atoms with Gasteiger partial charge in [0.1, 0.15) is 5.75 Å². The number of carbonyl (C=O) groups is 1. The first kappa shape index (κ1) is 15.6. The highest BCUT2D eigenvalue weighted by Crippen LogP contribution is 2.17. The van der Waals surface area contributed by atoms with Gasteiger partial charge in [-0.2, -0.15) is 0 Å². The fourth-order valence-electron chi connectivity index (χ4n) is 2.76. The maximum atomic E-state index is 11.7. The molecule has 1 amide bonds. The number of carbonyl (C=O) groups excluding carboxylic acids is 1. The third-order valence-electron chi connectivity index (χ3n) is 3.87. The number of nitrogens with one attached hydrogen (secondary N) is 1. The van der Waals surface area contributed by atoms with Crippen LogP contribution in [0.1, 0.15) is 19.3 Å². The lowest BCUT2D eigenvalue weighted by Crippen LogP contribution is -2.42. The van der Waals surface area contributed by atoms with Crippen LogP contribution in [0.4, 0.5) is 5.69 Å². The average molecular weight is 291 g/mol. The largest absolute Gasteiger partial charge is 0.493 e. The van der Waals surface area contributed by atoms with Crippen LogP contribution in [0.5, 0.6) is 5.75 Å². The van der Waals surface area contributed by atoms with E-state index in [1.807, 2.05) is 24.3 Å². The standard InChI is InChI=1S/C16H25N3O2/c1-18-16(20)13-5-3-8-19(12-13)9-4-10-21-15-7-2-6-14(17)11-15/h2,6-7,11,13H,3-5,8-10,12,17H2,1H3,(H,18,20). The number of amides is 1. The SMILES string of the molecule is CNC(=O)C1CCCN(CCCOc2cccc(N)c2)C1. The van der Waals surface area contributed by atoms with Gasteiger partial charge >= 0.3 is 0 Å². The van der Waals surface area contributed by atoms with Crippen LogP contribution >= 0.6 is 0 Å². The Morgan fingerprint density at radius 3 is 3.14 bits per heavy atom. The van der Waals surface area contributed by atoms with Gasteiger partial charge in [0.05, 0.1) is 12.5 Å². The van der Waals surface area contributed by atoms with E-state index in [1.165, 1.54) is 0 Å². The molecule has 0 bridgehead atoms. The maximum absolute atomic E-state index is 11.7. The fourth-order valence-corrected chi connectivity index (χ4v) is 2.76. The smallest absolute Gasteiger partial charge is 0.224 e. The first-order valence-electron chi connectivity index (χ1n) is 7.61. The molecule has 1 heterocycles. The number of piperidine rings is 1. The predicted octanol–water partition coefficient (Wildman–Crippen LogP) is 1.50. The van der Waals surface area contributed by atoms with Crippen LogP contribution in [0, 0.1) is 5.92 Å². The van der Waals surface area contributed by atoms with Gasteiger partial charge in [-0.1, -0.05) is 6.07 Å². The van der Waals surface area contributed by atoms with Gasteiger partial charge in [0.15, 0.2) is 0 Å². The van der Waals surface area contributed by atoms with Crippen LogP contribution < -0.4 is 15.8 Å². The second-order valence-electron chi connectivity index (χ2n) is 5.53. The summed E-state index contributed by atoms with van der Waals surface area (Å²) in [6.07, 6.45) is 3.04. The van der Waals surface area contributed by atoms with Gasteiger partial charge in [-0.05, 0) is 37.9 Å². The highest BCUT2D eigenvalue weighted by atomic mass is 16.5. The summed E-state index contributed by atoms with van der Waals surface area (Å²) >= 11 is 0. The van der Waals surface area contributed by atoms with Gasteiger partial charge < -0.3 is 20.7 Å². The average Bonchev–Trinajstić information content (AvgIpc) is 2.51. The van der Waals surface area contributed by atoms with Crippen LogP contribution in [0.2, 0.25) is 0 Å². The van der Waals surface area contributed by atoms with Gasteiger partial charge in [0.25, 0.3) is 0 Å². The van der Waals surface area contributed by atoms with E-state index in [9.17, 15) is 4.79 Å². The van der Waals surface area contributed by atoms with Gasteiger partial charge in [-0.3, -0.25) is 4.79 Å². The number of nitrogen functional groups attached to an aromatic ring is 1. The summed E-state index contributed by atoms with van der Waals surface area (Å²) in [5, 5.41) is 2.75. The molecular formula is C16H25N3O2. The van der Waals surface area contributed by atoms with Crippen molar-refractivity contribution >= 4 is 11.6 Å². The number of hydrogen-bond donors (Lipinski definition) is 2. The summed E-state index contributed by atoms with van der Waals surface area (Å²) < 4.78 is 5.69. The Kier molecular flexibility index (Phi) is 5.87. The molecule has 1 aromatic rings. The van der Waals surface area contributed by atoms with Crippen LogP contribution in [0.15, 0.2) is 24.3 Å². The summed E-state index contributed by atoms with van der Waals surface area (Å²) in [6.45, 7) is 3.57. The Morgan fingerprint density at radius 2 is 2.38 bits per heavy atom. The normalized spacial score (nSPS) is 19.2. The molecule has 116 valence electrons. The minimum absolute atomic E-state index is 0.138. The van der Waals surface area contributed by atoms with E-state index < -0.39 is 0 Å². The maximum Gasteiger partial charge on any atom is 0.224 e. The molecule has 0 aromatic heterocycles. The Morgan fingerprint density at radius 1 is 1.52 bits per heavy atom.